The van der Waals surface area contributed by atoms with Crippen molar-refractivity contribution in [1.82, 2.24) is 20.0 Å². The Hall–Kier alpha value is -2.38. The molecule has 1 fully saturated rings. The molecule has 1 aromatic carbocycles. The number of aryl methyl sites for hydroxylation is 1. The zero-order chi connectivity index (χ0) is 20.3. The number of urea groups is 1. The molecule has 0 spiro atoms. The quantitative estimate of drug-likeness (QED) is 0.781. The molecule has 152 valence electrons. The Labute approximate surface area is 166 Å². The van der Waals surface area contributed by atoms with Gasteiger partial charge in [-0.25, -0.2) is 9.59 Å². The highest BCUT2D eigenvalue weighted by atomic mass is 16.5. The molecule has 0 bridgehead atoms. The molecule has 2 aliphatic rings. The predicted molar refractivity (Wildman–Crippen MR) is 108 cm³/mol. The van der Waals surface area contributed by atoms with Gasteiger partial charge in [0.05, 0.1) is 18.2 Å². The van der Waals surface area contributed by atoms with E-state index in [0.29, 0.717) is 18.7 Å². The maximum atomic E-state index is 12.9. The Morgan fingerprint density at radius 3 is 2.57 bits per heavy atom. The van der Waals surface area contributed by atoms with Crippen LogP contribution in [0.1, 0.15) is 24.1 Å². The van der Waals surface area contributed by atoms with Gasteiger partial charge in [0.25, 0.3) is 0 Å². The van der Waals surface area contributed by atoms with E-state index < -0.39 is 6.04 Å². The molecule has 0 aromatic heterocycles. The Balaban J connectivity index is 2.02. The van der Waals surface area contributed by atoms with Gasteiger partial charge in [-0.05, 0) is 26.5 Å². The monoisotopic (exact) mass is 386 g/mol. The number of amides is 2. The number of ether oxygens (including phenoxy) is 1. The summed E-state index contributed by atoms with van der Waals surface area (Å²) in [6.07, 6.45) is 0. The summed E-state index contributed by atoms with van der Waals surface area (Å²) in [4.78, 5) is 31.8. The minimum absolute atomic E-state index is 0.205. The van der Waals surface area contributed by atoms with Crippen molar-refractivity contribution in [3.8, 4) is 0 Å². The van der Waals surface area contributed by atoms with Gasteiger partial charge in [0.2, 0.25) is 0 Å². The highest BCUT2D eigenvalue weighted by molar-refractivity contribution is 5.95. The summed E-state index contributed by atoms with van der Waals surface area (Å²) >= 11 is 0. The van der Waals surface area contributed by atoms with Gasteiger partial charge in [0.15, 0.2) is 0 Å². The second-order valence-corrected chi connectivity index (χ2v) is 7.52. The van der Waals surface area contributed by atoms with Crippen LogP contribution in [0.4, 0.5) is 4.79 Å². The largest absolute Gasteiger partial charge is 0.463 e. The zero-order valence-corrected chi connectivity index (χ0v) is 17.2. The van der Waals surface area contributed by atoms with Crippen molar-refractivity contribution >= 4 is 12.0 Å². The first-order chi connectivity index (χ1) is 13.4. The number of esters is 1. The molecule has 1 aromatic rings. The molecule has 0 aliphatic carbocycles. The molecular weight excluding hydrogens is 356 g/mol. The molecule has 7 heteroatoms. The summed E-state index contributed by atoms with van der Waals surface area (Å²) in [5.41, 5.74) is 3.21. The van der Waals surface area contributed by atoms with Crippen molar-refractivity contribution in [2.45, 2.75) is 19.9 Å². The minimum Gasteiger partial charge on any atom is -0.463 e. The number of rotatable bonds is 5. The second-order valence-electron chi connectivity index (χ2n) is 7.52. The van der Waals surface area contributed by atoms with E-state index in [4.69, 9.17) is 4.74 Å². The zero-order valence-electron chi connectivity index (χ0n) is 17.2. The number of nitrogens with one attached hydrogen (secondary N) is 1. The fourth-order valence-electron chi connectivity index (χ4n) is 3.72. The van der Waals surface area contributed by atoms with E-state index in [9.17, 15) is 9.59 Å². The third-order valence-corrected chi connectivity index (χ3v) is 5.42. The molecule has 1 N–H and O–H groups in total. The molecule has 1 atom stereocenters. The molecule has 0 saturated carbocycles. The standard InChI is InChI=1S/C21H30N4O3/c1-5-28-20(26)18-17(14-25-11-9-23(3)10-12-25)24(4)21(27)22-19(18)16-8-6-7-15(2)13-16/h6-8,13,19H,5,9-12,14H2,1-4H3,(H,22,27)/t19-/m1/s1. The fraction of sp³-hybridized carbons (Fsp3) is 0.524. The molecular formula is C21H30N4O3. The van der Waals surface area contributed by atoms with Crippen molar-refractivity contribution in [2.24, 2.45) is 0 Å². The third-order valence-electron chi connectivity index (χ3n) is 5.42. The summed E-state index contributed by atoms with van der Waals surface area (Å²) in [5.74, 6) is -0.370. The van der Waals surface area contributed by atoms with Crippen molar-refractivity contribution in [3.05, 3.63) is 46.7 Å². The van der Waals surface area contributed by atoms with Crippen LogP contribution < -0.4 is 5.32 Å². The minimum atomic E-state index is -0.509. The Morgan fingerprint density at radius 1 is 1.21 bits per heavy atom. The number of nitrogens with zero attached hydrogens (tertiary/aromatic N) is 3. The van der Waals surface area contributed by atoms with Crippen LogP contribution in [0, 0.1) is 6.92 Å². The van der Waals surface area contributed by atoms with Crippen LogP contribution in [0.25, 0.3) is 0 Å². The molecule has 3 rings (SSSR count). The summed E-state index contributed by atoms with van der Waals surface area (Å²) in [5, 5.41) is 2.97. The first-order valence-corrected chi connectivity index (χ1v) is 9.82. The second kappa shape index (κ2) is 8.75. The Kier molecular flexibility index (Phi) is 6.36. The van der Waals surface area contributed by atoms with E-state index in [1.165, 1.54) is 0 Å². The van der Waals surface area contributed by atoms with Gasteiger partial charge in [0, 0.05) is 45.5 Å². The smallest absolute Gasteiger partial charge is 0.338 e. The summed E-state index contributed by atoms with van der Waals surface area (Å²) in [6.45, 7) is 8.39. The van der Waals surface area contributed by atoms with Crippen LogP contribution in [0.5, 0.6) is 0 Å². The Bertz CT molecular complexity index is 769. The third kappa shape index (κ3) is 4.36. The average molecular weight is 386 g/mol. The van der Waals surface area contributed by atoms with Gasteiger partial charge in [0.1, 0.15) is 0 Å². The first-order valence-electron chi connectivity index (χ1n) is 9.82. The van der Waals surface area contributed by atoms with Gasteiger partial charge in [-0.1, -0.05) is 29.8 Å². The summed E-state index contributed by atoms with van der Waals surface area (Å²) < 4.78 is 5.38. The van der Waals surface area contributed by atoms with Crippen LogP contribution in [-0.2, 0) is 9.53 Å². The lowest BCUT2D eigenvalue weighted by Crippen LogP contribution is -2.51. The van der Waals surface area contributed by atoms with E-state index in [1.54, 1.807) is 18.9 Å². The van der Waals surface area contributed by atoms with E-state index in [-0.39, 0.29) is 12.0 Å². The van der Waals surface area contributed by atoms with E-state index >= 15 is 0 Å². The van der Waals surface area contributed by atoms with Gasteiger partial charge in [-0.2, -0.15) is 0 Å². The van der Waals surface area contributed by atoms with Crippen LogP contribution in [0.15, 0.2) is 35.5 Å². The molecule has 28 heavy (non-hydrogen) atoms. The van der Waals surface area contributed by atoms with Crippen LogP contribution in [0.2, 0.25) is 0 Å². The highest BCUT2D eigenvalue weighted by Crippen LogP contribution is 2.31. The molecule has 2 aliphatic heterocycles. The predicted octanol–water partition coefficient (Wildman–Crippen LogP) is 1.76. The number of carbonyl (C=O) groups excluding carboxylic acids is 2. The van der Waals surface area contributed by atoms with Crippen LogP contribution >= 0.6 is 0 Å². The maximum absolute atomic E-state index is 12.9. The number of hydrogen-bond donors (Lipinski definition) is 1. The normalized spacial score (nSPS) is 21.6. The lowest BCUT2D eigenvalue weighted by molar-refractivity contribution is -0.139. The Morgan fingerprint density at radius 2 is 1.93 bits per heavy atom. The summed E-state index contributed by atoms with van der Waals surface area (Å²) in [7, 11) is 3.82. The molecule has 2 heterocycles. The van der Waals surface area contributed by atoms with Crippen LogP contribution in [-0.4, -0.2) is 80.1 Å². The van der Waals surface area contributed by atoms with Gasteiger partial charge in [-0.3, -0.25) is 9.80 Å². The van der Waals surface area contributed by atoms with E-state index in [0.717, 1.165) is 43.0 Å². The molecule has 1 saturated heterocycles. The number of carbonyl (C=O) groups is 2. The lowest BCUT2D eigenvalue weighted by Gasteiger charge is -2.39. The SMILES string of the molecule is CCOC(=O)C1=C(CN2CCN(C)CC2)N(C)C(=O)N[C@@H]1c1cccc(C)c1. The van der Waals surface area contributed by atoms with Crippen molar-refractivity contribution < 1.29 is 14.3 Å². The van der Waals surface area contributed by atoms with E-state index in [1.807, 2.05) is 31.2 Å². The lowest BCUT2D eigenvalue weighted by atomic mass is 9.93. The molecule has 0 radical (unpaired) electrons. The number of hydrogen-bond acceptors (Lipinski definition) is 5. The average Bonchev–Trinajstić information content (AvgIpc) is 2.67. The van der Waals surface area contributed by atoms with Gasteiger partial charge in [-0.15, -0.1) is 0 Å². The fourth-order valence-corrected chi connectivity index (χ4v) is 3.72. The topological polar surface area (TPSA) is 65.1 Å². The first kappa shape index (κ1) is 20.4. The van der Waals surface area contributed by atoms with Gasteiger partial charge < -0.3 is 15.0 Å². The van der Waals surface area contributed by atoms with Gasteiger partial charge >= 0.3 is 12.0 Å². The number of benzene rings is 1. The van der Waals surface area contributed by atoms with E-state index in [2.05, 4.69) is 22.2 Å². The van der Waals surface area contributed by atoms with Crippen LogP contribution in [0.3, 0.4) is 0 Å². The van der Waals surface area contributed by atoms with Crippen molar-refractivity contribution in [1.29, 1.82) is 0 Å². The van der Waals surface area contributed by atoms with Crippen molar-refractivity contribution in [2.75, 3.05) is 53.4 Å². The number of likely N-dealkylation sites (N-methyl/N-ethyl adjacent to an activating group) is 2. The van der Waals surface area contributed by atoms with Crippen molar-refractivity contribution in [3.63, 3.8) is 0 Å². The summed E-state index contributed by atoms with van der Waals surface area (Å²) in [6, 6.07) is 7.17. The number of piperazine rings is 1. The highest BCUT2D eigenvalue weighted by Gasteiger charge is 2.37. The molecule has 2 amide bonds. The molecule has 0 unspecified atom stereocenters. The maximum Gasteiger partial charge on any atom is 0.338 e. The molecule has 7 nitrogen and oxygen atoms in total.